The molecule has 10 nitrogen and oxygen atoms in total. The first-order chi connectivity index (χ1) is 18.5. The lowest BCUT2D eigenvalue weighted by Gasteiger charge is -2.27. The van der Waals surface area contributed by atoms with Gasteiger partial charge in [0.1, 0.15) is 17.6 Å². The summed E-state index contributed by atoms with van der Waals surface area (Å²) < 4.78 is 6.81. The number of aromatic nitrogens is 5. The number of pyridine rings is 1. The lowest BCUT2D eigenvalue weighted by molar-refractivity contribution is -0.119. The first-order valence-electron chi connectivity index (χ1n) is 13.6. The molecule has 1 atom stereocenters. The molecule has 38 heavy (non-hydrogen) atoms. The molecule has 2 aliphatic carbocycles. The zero-order chi connectivity index (χ0) is 26.6. The molecule has 2 aliphatic rings. The van der Waals surface area contributed by atoms with Gasteiger partial charge in [0, 0.05) is 49.5 Å². The maximum absolute atomic E-state index is 13.7. The number of amides is 2. The number of ether oxygens (including phenoxy) is 1. The normalized spacial score (nSPS) is 16.0. The van der Waals surface area contributed by atoms with Crippen LogP contribution in [0.1, 0.15) is 60.9 Å². The molecule has 0 aliphatic heterocycles. The van der Waals surface area contributed by atoms with Crippen LogP contribution in [0.15, 0.2) is 30.6 Å². The predicted octanol–water partition coefficient (Wildman–Crippen LogP) is 3.75. The third kappa shape index (κ3) is 5.80. The molecule has 2 fully saturated rings. The van der Waals surface area contributed by atoms with E-state index in [0.29, 0.717) is 36.5 Å². The summed E-state index contributed by atoms with van der Waals surface area (Å²) in [7, 11) is 1.65. The van der Waals surface area contributed by atoms with Crippen molar-refractivity contribution < 1.29 is 14.3 Å². The molecule has 2 saturated carbocycles. The number of hydrogen-bond acceptors (Lipinski definition) is 6. The molecule has 2 amide bonds. The topological polar surface area (TPSA) is 127 Å². The van der Waals surface area contributed by atoms with Crippen LogP contribution >= 0.6 is 0 Å². The van der Waals surface area contributed by atoms with Crippen LogP contribution in [0.4, 0.5) is 5.82 Å². The fourth-order valence-corrected chi connectivity index (χ4v) is 5.44. The average molecular weight is 520 g/mol. The van der Waals surface area contributed by atoms with Gasteiger partial charge >= 0.3 is 0 Å². The van der Waals surface area contributed by atoms with Gasteiger partial charge in [0.05, 0.1) is 5.69 Å². The summed E-state index contributed by atoms with van der Waals surface area (Å²) in [4.78, 5) is 31.6. The Balaban J connectivity index is 1.33. The van der Waals surface area contributed by atoms with Crippen molar-refractivity contribution in [2.24, 2.45) is 17.8 Å². The van der Waals surface area contributed by atoms with Gasteiger partial charge in [-0.05, 0) is 81.4 Å². The fraction of sp³-hybridized carbons (Fsp3) is 0.536. The average Bonchev–Trinajstić information content (AvgIpc) is 3.85. The number of hydrogen-bond donors (Lipinski definition) is 3. The van der Waals surface area contributed by atoms with E-state index >= 15 is 0 Å². The minimum Gasteiger partial charge on any atom is -0.385 e. The van der Waals surface area contributed by atoms with Gasteiger partial charge in [-0.3, -0.25) is 19.4 Å². The van der Waals surface area contributed by atoms with Gasteiger partial charge in [0.25, 0.3) is 5.91 Å². The van der Waals surface area contributed by atoms with E-state index in [1.54, 1.807) is 30.3 Å². The zero-order valence-electron chi connectivity index (χ0n) is 22.4. The number of aromatic amines is 1. The van der Waals surface area contributed by atoms with Crippen LogP contribution in [0.2, 0.25) is 0 Å². The molecule has 3 heterocycles. The third-order valence-electron chi connectivity index (χ3n) is 7.61. The lowest BCUT2D eigenvalue weighted by atomic mass is 9.88. The van der Waals surface area contributed by atoms with Gasteiger partial charge < -0.3 is 15.4 Å². The highest BCUT2D eigenvalue weighted by atomic mass is 16.5. The smallest absolute Gasteiger partial charge is 0.270 e. The van der Waals surface area contributed by atoms with E-state index in [1.165, 1.54) is 0 Å². The van der Waals surface area contributed by atoms with E-state index in [1.807, 2.05) is 19.1 Å². The second-order valence-electron chi connectivity index (χ2n) is 10.4. The highest BCUT2D eigenvalue weighted by Crippen LogP contribution is 2.51. The summed E-state index contributed by atoms with van der Waals surface area (Å²) in [5, 5.41) is 17.8. The molecule has 202 valence electrons. The fourth-order valence-electron chi connectivity index (χ4n) is 5.44. The number of aryl methyl sites for hydroxylation is 3. The minimum absolute atomic E-state index is 0.128. The zero-order valence-corrected chi connectivity index (χ0v) is 22.4. The van der Waals surface area contributed by atoms with E-state index in [4.69, 9.17) is 4.74 Å². The van der Waals surface area contributed by atoms with Crippen molar-refractivity contribution in [3.8, 4) is 11.1 Å². The summed E-state index contributed by atoms with van der Waals surface area (Å²) in [5.74, 6) is 1.03. The third-order valence-corrected chi connectivity index (χ3v) is 7.61. The first-order valence-corrected chi connectivity index (χ1v) is 13.6. The Kier molecular flexibility index (Phi) is 7.87. The van der Waals surface area contributed by atoms with Gasteiger partial charge in [-0.2, -0.15) is 10.2 Å². The molecular weight excluding hydrogens is 482 g/mol. The molecule has 5 rings (SSSR count). The predicted molar refractivity (Wildman–Crippen MR) is 143 cm³/mol. The molecule has 0 aromatic carbocycles. The lowest BCUT2D eigenvalue weighted by Crippen LogP contribution is -2.50. The number of H-pyrrole nitrogens is 1. The maximum Gasteiger partial charge on any atom is 0.270 e. The van der Waals surface area contributed by atoms with E-state index in [9.17, 15) is 9.59 Å². The van der Waals surface area contributed by atoms with Crippen LogP contribution < -0.4 is 10.6 Å². The Morgan fingerprint density at radius 2 is 1.95 bits per heavy atom. The molecule has 3 aromatic rings. The molecule has 0 spiro atoms. The number of carbonyl (C=O) groups excluding carboxylic acids is 2. The largest absolute Gasteiger partial charge is 0.385 e. The van der Waals surface area contributed by atoms with Crippen molar-refractivity contribution in [1.29, 1.82) is 0 Å². The number of rotatable bonds is 13. The number of nitrogens with zero attached hydrogens (tertiary/aromatic N) is 4. The Morgan fingerprint density at radius 1 is 1.18 bits per heavy atom. The first kappa shape index (κ1) is 26.1. The van der Waals surface area contributed by atoms with Crippen LogP contribution in [0.3, 0.4) is 0 Å². The van der Waals surface area contributed by atoms with Crippen LogP contribution in [-0.4, -0.2) is 56.5 Å². The summed E-state index contributed by atoms with van der Waals surface area (Å²) in [6.07, 6.45) is 9.35. The van der Waals surface area contributed by atoms with Crippen molar-refractivity contribution >= 4 is 17.6 Å². The van der Waals surface area contributed by atoms with E-state index in [2.05, 4.69) is 37.8 Å². The molecule has 0 saturated heterocycles. The van der Waals surface area contributed by atoms with Crippen LogP contribution in [-0.2, 0) is 22.5 Å². The number of anilines is 1. The molecule has 0 radical (unpaired) electrons. The van der Waals surface area contributed by atoms with Gasteiger partial charge in [0.15, 0.2) is 0 Å². The van der Waals surface area contributed by atoms with E-state index in [-0.39, 0.29) is 17.7 Å². The van der Waals surface area contributed by atoms with Crippen LogP contribution in [0, 0.1) is 24.7 Å². The van der Waals surface area contributed by atoms with Crippen molar-refractivity contribution in [2.45, 2.75) is 65.0 Å². The summed E-state index contributed by atoms with van der Waals surface area (Å²) in [6, 6.07) is 4.83. The maximum atomic E-state index is 13.7. The summed E-state index contributed by atoms with van der Waals surface area (Å²) >= 11 is 0. The minimum atomic E-state index is -0.630. The van der Waals surface area contributed by atoms with Crippen molar-refractivity contribution in [3.63, 3.8) is 0 Å². The van der Waals surface area contributed by atoms with E-state index in [0.717, 1.165) is 61.0 Å². The second-order valence-corrected chi connectivity index (χ2v) is 10.4. The number of carbonyl (C=O) groups is 2. The summed E-state index contributed by atoms with van der Waals surface area (Å²) in [5.41, 5.74) is 4.43. The Hall–Kier alpha value is -3.53. The molecule has 10 heteroatoms. The Labute approximate surface area is 222 Å². The van der Waals surface area contributed by atoms with Gasteiger partial charge in [0.2, 0.25) is 5.91 Å². The van der Waals surface area contributed by atoms with Crippen molar-refractivity contribution in [1.82, 2.24) is 30.3 Å². The quantitative estimate of drug-likeness (QED) is 0.295. The molecular formula is C28H37N7O3. The Morgan fingerprint density at radius 3 is 2.58 bits per heavy atom. The van der Waals surface area contributed by atoms with Crippen LogP contribution in [0.25, 0.3) is 11.1 Å². The highest BCUT2D eigenvalue weighted by molar-refractivity contribution is 6.00. The molecule has 1 unspecified atom stereocenters. The summed E-state index contributed by atoms with van der Waals surface area (Å²) in [6.45, 7) is 5.21. The van der Waals surface area contributed by atoms with Crippen molar-refractivity contribution in [3.05, 3.63) is 47.7 Å². The Bertz CT molecular complexity index is 1250. The second kappa shape index (κ2) is 11.5. The molecule has 0 bridgehead atoms. The van der Waals surface area contributed by atoms with Crippen LogP contribution in [0.5, 0.6) is 0 Å². The molecule has 3 aromatic heterocycles. The highest BCUT2D eigenvalue weighted by Gasteiger charge is 2.48. The van der Waals surface area contributed by atoms with Gasteiger partial charge in [-0.15, -0.1) is 0 Å². The monoisotopic (exact) mass is 519 g/mol. The SMILES string of the molecule is CCc1n[nH]c(C)c1-c1ccc(NC(=O)C(NC(=O)c2ccnn2CCCOC)C(C2CC2)C2CC2)nc1. The number of nitrogens with one attached hydrogen (secondary N) is 3. The van der Waals surface area contributed by atoms with Gasteiger partial charge in [-0.1, -0.05) is 6.92 Å². The molecule has 3 N–H and O–H groups in total. The number of methoxy groups -OCH3 is 1. The van der Waals surface area contributed by atoms with Crippen molar-refractivity contribution in [2.75, 3.05) is 19.0 Å². The van der Waals surface area contributed by atoms with Gasteiger partial charge in [-0.25, -0.2) is 4.98 Å². The van der Waals surface area contributed by atoms with E-state index < -0.39 is 6.04 Å². The standard InChI is InChI=1S/C28H37N7O3/c1-4-21-24(17(2)33-34-21)20-10-11-23(29-16-20)31-28(37)26(25(18-6-7-18)19-8-9-19)32-27(36)22-12-13-30-35(22)14-5-15-38-3/h10-13,16,18-19,25-26H,4-9,14-15H2,1-3H3,(H,32,36)(H,33,34)(H,29,31,37).